The van der Waals surface area contributed by atoms with Gasteiger partial charge in [0.15, 0.2) is 0 Å². The van der Waals surface area contributed by atoms with Gasteiger partial charge in [0.2, 0.25) is 5.95 Å². The first-order valence-electron chi connectivity index (χ1n) is 13.7. The molecule has 0 amide bonds. The van der Waals surface area contributed by atoms with Crippen LogP contribution in [0.4, 0.5) is 16.0 Å². The van der Waals surface area contributed by atoms with Gasteiger partial charge in [-0.1, -0.05) is 31.9 Å². The fourth-order valence-corrected chi connectivity index (χ4v) is 7.56. The molecule has 0 bridgehead atoms. The highest BCUT2D eigenvalue weighted by molar-refractivity contribution is 7.97. The first-order valence-corrected chi connectivity index (χ1v) is 14.9. The van der Waals surface area contributed by atoms with Gasteiger partial charge < -0.3 is 5.32 Å². The first kappa shape index (κ1) is 26.1. The Morgan fingerprint density at radius 1 is 1.16 bits per heavy atom. The highest BCUT2D eigenvalue weighted by Gasteiger charge is 2.53. The van der Waals surface area contributed by atoms with E-state index in [-0.39, 0.29) is 28.0 Å². The molecule has 1 unspecified atom stereocenters. The van der Waals surface area contributed by atoms with Crippen LogP contribution < -0.4 is 10.9 Å². The van der Waals surface area contributed by atoms with Gasteiger partial charge >= 0.3 is 0 Å². The predicted octanol–water partition coefficient (Wildman–Crippen LogP) is 7.47. The highest BCUT2D eigenvalue weighted by Crippen LogP contribution is 2.63. The fourth-order valence-electron chi connectivity index (χ4n) is 6.33. The van der Waals surface area contributed by atoms with E-state index in [1.54, 1.807) is 24.2 Å². The minimum Gasteiger partial charge on any atom is -0.324 e. The zero-order chi connectivity index (χ0) is 26.7. The Balaban J connectivity index is 1.22. The quantitative estimate of drug-likeness (QED) is 0.318. The summed E-state index contributed by atoms with van der Waals surface area (Å²) in [5, 5.41) is 4.37. The number of aromatic nitrogens is 3. The second-order valence-electron chi connectivity index (χ2n) is 11.7. The van der Waals surface area contributed by atoms with E-state index >= 15 is 0 Å². The van der Waals surface area contributed by atoms with E-state index in [0.717, 1.165) is 47.5 Å². The van der Waals surface area contributed by atoms with Crippen molar-refractivity contribution in [1.82, 2.24) is 18.8 Å². The molecule has 1 aromatic carbocycles. The summed E-state index contributed by atoms with van der Waals surface area (Å²) in [6.07, 6.45) is 8.53. The molecule has 202 valence electrons. The van der Waals surface area contributed by atoms with Crippen LogP contribution in [0.2, 0.25) is 5.02 Å². The van der Waals surface area contributed by atoms with E-state index in [1.807, 2.05) is 24.5 Å². The molecule has 2 aliphatic carbocycles. The Morgan fingerprint density at radius 3 is 2.61 bits per heavy atom. The van der Waals surface area contributed by atoms with Gasteiger partial charge in [0, 0.05) is 41.3 Å². The summed E-state index contributed by atoms with van der Waals surface area (Å²) in [5.74, 6) is 0.516. The molecule has 9 heteroatoms. The van der Waals surface area contributed by atoms with Gasteiger partial charge in [0.25, 0.3) is 5.56 Å². The summed E-state index contributed by atoms with van der Waals surface area (Å²) in [7, 11) is 0. The molecule has 1 spiro atoms. The molecule has 0 radical (unpaired) electrons. The van der Waals surface area contributed by atoms with Crippen LogP contribution in [0.15, 0.2) is 40.2 Å². The number of rotatable bonds is 6. The van der Waals surface area contributed by atoms with Crippen molar-refractivity contribution in [3.05, 3.63) is 51.4 Å². The third kappa shape index (κ3) is 4.73. The molecular formula is C29H35ClFN5OS. The topological polar surface area (TPSA) is 63.1 Å². The van der Waals surface area contributed by atoms with E-state index in [0.29, 0.717) is 24.4 Å². The Bertz CT molecular complexity index is 1430. The van der Waals surface area contributed by atoms with Crippen molar-refractivity contribution in [2.45, 2.75) is 82.3 Å². The molecule has 1 aliphatic heterocycles. The number of fused-ring (bicyclic) bond motifs is 1. The van der Waals surface area contributed by atoms with Gasteiger partial charge in [-0.05, 0) is 98.6 Å². The molecule has 3 aliphatic rings. The number of nitrogens with zero attached hydrogens (tertiary/aromatic N) is 4. The summed E-state index contributed by atoms with van der Waals surface area (Å²) in [6.45, 7) is 7.50. The molecule has 3 heterocycles. The Hall–Kier alpha value is -2.16. The lowest BCUT2D eigenvalue weighted by Crippen LogP contribution is -2.42. The van der Waals surface area contributed by atoms with Gasteiger partial charge in [-0.15, -0.1) is 0 Å². The first-order chi connectivity index (χ1) is 18.2. The predicted molar refractivity (Wildman–Crippen MR) is 153 cm³/mol. The molecule has 1 saturated heterocycles. The molecule has 2 saturated carbocycles. The lowest BCUT2D eigenvalue weighted by Gasteiger charge is -2.38. The van der Waals surface area contributed by atoms with E-state index in [9.17, 15) is 9.18 Å². The van der Waals surface area contributed by atoms with E-state index < -0.39 is 5.67 Å². The SMILES string of the molecule is Cc1cc(SN2CCC(F)(C(C)C)CC2)ccc1Nc1ncc2cc(Cl)c(=O)n(C3CCCC34CC4)c2n1. The molecule has 1 N–H and O–H groups in total. The average molecular weight is 556 g/mol. The smallest absolute Gasteiger partial charge is 0.271 e. The van der Waals surface area contributed by atoms with Crippen LogP contribution in [0.5, 0.6) is 0 Å². The minimum absolute atomic E-state index is 0.0549. The van der Waals surface area contributed by atoms with Crippen LogP contribution in [0.1, 0.15) is 70.4 Å². The van der Waals surface area contributed by atoms with Crippen LogP contribution in [0, 0.1) is 18.3 Å². The van der Waals surface area contributed by atoms with Crippen molar-refractivity contribution in [3.63, 3.8) is 0 Å². The number of hydrogen-bond acceptors (Lipinski definition) is 6. The van der Waals surface area contributed by atoms with Crippen LogP contribution in [0.3, 0.4) is 0 Å². The molecule has 6 rings (SSSR count). The molecule has 3 fully saturated rings. The maximum Gasteiger partial charge on any atom is 0.271 e. The van der Waals surface area contributed by atoms with Gasteiger partial charge in [-0.25, -0.2) is 13.7 Å². The second-order valence-corrected chi connectivity index (χ2v) is 13.3. The molecule has 1 atom stereocenters. The summed E-state index contributed by atoms with van der Waals surface area (Å²) in [6, 6.07) is 8.08. The van der Waals surface area contributed by atoms with E-state index in [1.165, 1.54) is 19.3 Å². The van der Waals surface area contributed by atoms with Crippen LogP contribution in [-0.2, 0) is 0 Å². The van der Waals surface area contributed by atoms with Crippen molar-refractivity contribution in [2.75, 3.05) is 18.4 Å². The number of alkyl halides is 1. The number of benzene rings is 1. The Kier molecular flexibility index (Phi) is 6.72. The number of nitrogens with one attached hydrogen (secondary N) is 1. The highest BCUT2D eigenvalue weighted by atomic mass is 35.5. The summed E-state index contributed by atoms with van der Waals surface area (Å²) >= 11 is 8.05. The van der Waals surface area contributed by atoms with Gasteiger partial charge in [-0.3, -0.25) is 9.36 Å². The van der Waals surface area contributed by atoms with Crippen molar-refractivity contribution in [2.24, 2.45) is 11.3 Å². The zero-order valence-electron chi connectivity index (χ0n) is 22.3. The van der Waals surface area contributed by atoms with Gasteiger partial charge in [-0.2, -0.15) is 4.98 Å². The van der Waals surface area contributed by atoms with Gasteiger partial charge in [0.05, 0.1) is 0 Å². The third-order valence-corrected chi connectivity index (χ3v) is 10.4. The number of hydrogen-bond donors (Lipinski definition) is 1. The molecule has 3 aromatic rings. The maximum atomic E-state index is 14.9. The van der Waals surface area contributed by atoms with Crippen LogP contribution in [-0.4, -0.2) is 37.6 Å². The number of piperidine rings is 1. The Morgan fingerprint density at radius 2 is 1.92 bits per heavy atom. The van der Waals surface area contributed by atoms with Crippen LogP contribution >= 0.6 is 23.5 Å². The van der Waals surface area contributed by atoms with E-state index in [2.05, 4.69) is 33.7 Å². The number of halogens is 2. The fraction of sp³-hybridized carbons (Fsp3) is 0.552. The monoisotopic (exact) mass is 555 g/mol. The maximum absolute atomic E-state index is 14.9. The van der Waals surface area contributed by atoms with E-state index in [4.69, 9.17) is 16.6 Å². The number of aryl methyl sites for hydroxylation is 1. The average Bonchev–Trinajstić information content (AvgIpc) is 3.55. The van der Waals surface area contributed by atoms with Crippen molar-refractivity contribution >= 4 is 46.2 Å². The van der Waals surface area contributed by atoms with Crippen LogP contribution in [0.25, 0.3) is 11.0 Å². The molecular weight excluding hydrogens is 521 g/mol. The normalized spacial score (nSPS) is 22.4. The number of pyridine rings is 1. The summed E-state index contributed by atoms with van der Waals surface area (Å²) in [4.78, 5) is 23.7. The lowest BCUT2D eigenvalue weighted by molar-refractivity contribution is 0.0444. The summed E-state index contributed by atoms with van der Waals surface area (Å²) in [5.41, 5.74) is 1.66. The number of anilines is 2. The lowest BCUT2D eigenvalue weighted by atomic mass is 9.84. The van der Waals surface area contributed by atoms with Gasteiger partial charge in [0.1, 0.15) is 16.3 Å². The van der Waals surface area contributed by atoms with Crippen molar-refractivity contribution in [3.8, 4) is 0 Å². The summed E-state index contributed by atoms with van der Waals surface area (Å²) < 4.78 is 19.0. The molecule has 2 aromatic heterocycles. The van der Waals surface area contributed by atoms with Crippen molar-refractivity contribution in [1.29, 1.82) is 0 Å². The molecule has 6 nitrogen and oxygen atoms in total. The second kappa shape index (κ2) is 9.79. The molecule has 38 heavy (non-hydrogen) atoms. The standard InChI is InChI=1S/C29H35ClFN5OS/c1-18(2)29(31)11-13-35(14-12-29)38-21-6-7-23(19(3)15-21)33-27-32-17-20-16-22(30)26(37)36(25(20)34-27)24-5-4-8-28(24)9-10-28/h6-7,15-18,24H,4-5,8-14H2,1-3H3,(H,32,33,34). The largest absolute Gasteiger partial charge is 0.324 e. The Labute approximate surface area is 232 Å². The zero-order valence-corrected chi connectivity index (χ0v) is 23.8. The van der Waals surface area contributed by atoms with Crippen molar-refractivity contribution < 1.29 is 4.39 Å². The third-order valence-electron chi connectivity index (χ3n) is 9.06. The minimum atomic E-state index is -1.05.